The van der Waals surface area contributed by atoms with E-state index in [2.05, 4.69) is 4.74 Å². The van der Waals surface area contributed by atoms with Gasteiger partial charge in [-0.1, -0.05) is 6.92 Å². The Kier molecular flexibility index (Phi) is 6.84. The largest absolute Gasteiger partial charge is 0.447 e. The molecule has 0 atom stereocenters. The van der Waals surface area contributed by atoms with Gasteiger partial charge in [-0.15, -0.1) is 0 Å². The minimum Gasteiger partial charge on any atom is -0.447 e. The molecule has 1 aliphatic heterocycles. The Morgan fingerprint density at radius 2 is 1.90 bits per heavy atom. The van der Waals surface area contributed by atoms with Crippen LogP contribution in [0.25, 0.3) is 0 Å². The lowest BCUT2D eigenvalue weighted by Gasteiger charge is -2.18. The van der Waals surface area contributed by atoms with Crippen molar-refractivity contribution in [2.75, 3.05) is 19.7 Å². The summed E-state index contributed by atoms with van der Waals surface area (Å²) in [5.74, 6) is -0.739. The summed E-state index contributed by atoms with van der Waals surface area (Å²) >= 11 is 0. The molecule has 118 valence electrons. The lowest BCUT2D eigenvalue weighted by atomic mass is 10.1. The maximum absolute atomic E-state index is 11.9. The predicted octanol–water partition coefficient (Wildman–Crippen LogP) is 1.31. The van der Waals surface area contributed by atoms with Crippen molar-refractivity contribution < 1.29 is 23.9 Å². The van der Waals surface area contributed by atoms with Crippen LogP contribution in [-0.4, -0.2) is 53.3 Å². The average molecular weight is 298 g/mol. The van der Waals surface area contributed by atoms with Gasteiger partial charge in [0.25, 0.3) is 0 Å². The van der Waals surface area contributed by atoms with Crippen molar-refractivity contribution in [1.82, 2.24) is 9.80 Å². The lowest BCUT2D eigenvalue weighted by Crippen LogP contribution is -2.35. The summed E-state index contributed by atoms with van der Waals surface area (Å²) in [4.78, 5) is 48.4. The number of nitrogens with zero attached hydrogens (tertiary/aromatic N) is 2. The summed E-state index contributed by atoms with van der Waals surface area (Å²) in [7, 11) is 0. The molecule has 1 heterocycles. The summed E-state index contributed by atoms with van der Waals surface area (Å²) in [6.45, 7) is 4.23. The van der Waals surface area contributed by atoms with Gasteiger partial charge in [-0.2, -0.15) is 0 Å². The topological polar surface area (TPSA) is 84.0 Å². The molecule has 1 aliphatic rings. The van der Waals surface area contributed by atoms with Crippen molar-refractivity contribution in [1.29, 1.82) is 0 Å². The van der Waals surface area contributed by atoms with Gasteiger partial charge in [-0.25, -0.2) is 9.69 Å². The Labute approximate surface area is 124 Å². The fraction of sp³-hybridized carbons (Fsp3) is 0.714. The molecule has 0 saturated carbocycles. The SMILES string of the molecule is CCCN(C(C)=O)C(=O)CCCCC(=O)N1CCOC1=O. The third-order valence-corrected chi connectivity index (χ3v) is 3.22. The van der Waals surface area contributed by atoms with Gasteiger partial charge in [0.05, 0.1) is 6.54 Å². The standard InChI is InChI=1S/C14H22N2O5/c1-3-8-15(11(2)17)12(18)6-4-5-7-13(19)16-9-10-21-14(16)20/h3-10H2,1-2H3. The van der Waals surface area contributed by atoms with E-state index in [1.165, 1.54) is 11.8 Å². The number of imide groups is 2. The average Bonchev–Trinajstić information content (AvgIpc) is 2.86. The van der Waals surface area contributed by atoms with Gasteiger partial charge < -0.3 is 4.74 Å². The first kappa shape index (κ1) is 17.1. The van der Waals surface area contributed by atoms with Crippen molar-refractivity contribution in [3.63, 3.8) is 0 Å². The van der Waals surface area contributed by atoms with Crippen LogP contribution in [0.3, 0.4) is 0 Å². The van der Waals surface area contributed by atoms with Crippen LogP contribution >= 0.6 is 0 Å². The molecule has 7 nitrogen and oxygen atoms in total. The summed E-state index contributed by atoms with van der Waals surface area (Å²) in [6.07, 6.45) is 1.59. The molecule has 0 radical (unpaired) electrons. The molecule has 21 heavy (non-hydrogen) atoms. The van der Waals surface area contributed by atoms with Crippen molar-refractivity contribution in [2.24, 2.45) is 0 Å². The Morgan fingerprint density at radius 3 is 2.43 bits per heavy atom. The van der Waals surface area contributed by atoms with Crippen molar-refractivity contribution in [2.45, 2.75) is 46.0 Å². The molecular weight excluding hydrogens is 276 g/mol. The third-order valence-electron chi connectivity index (χ3n) is 3.22. The van der Waals surface area contributed by atoms with E-state index in [4.69, 9.17) is 0 Å². The molecule has 1 fully saturated rings. The highest BCUT2D eigenvalue weighted by atomic mass is 16.6. The number of amides is 4. The summed E-state index contributed by atoms with van der Waals surface area (Å²) in [6, 6.07) is 0. The van der Waals surface area contributed by atoms with Crippen LogP contribution in [0.5, 0.6) is 0 Å². The van der Waals surface area contributed by atoms with Crippen LogP contribution in [-0.2, 0) is 19.1 Å². The van der Waals surface area contributed by atoms with Crippen LogP contribution in [0.1, 0.15) is 46.0 Å². The summed E-state index contributed by atoms with van der Waals surface area (Å²) < 4.78 is 4.68. The van der Waals surface area contributed by atoms with Gasteiger partial charge in [-0.3, -0.25) is 19.3 Å². The van der Waals surface area contributed by atoms with Crippen LogP contribution in [0.15, 0.2) is 0 Å². The molecule has 0 aromatic carbocycles. The van der Waals surface area contributed by atoms with Gasteiger partial charge in [0.2, 0.25) is 17.7 Å². The van der Waals surface area contributed by atoms with Gasteiger partial charge in [0, 0.05) is 26.3 Å². The zero-order valence-electron chi connectivity index (χ0n) is 12.6. The van der Waals surface area contributed by atoms with E-state index < -0.39 is 6.09 Å². The molecule has 0 aromatic rings. The van der Waals surface area contributed by atoms with Crippen LogP contribution in [0.4, 0.5) is 4.79 Å². The molecule has 4 amide bonds. The van der Waals surface area contributed by atoms with E-state index in [9.17, 15) is 19.2 Å². The fourth-order valence-corrected chi connectivity index (χ4v) is 2.12. The van der Waals surface area contributed by atoms with Gasteiger partial charge in [-0.05, 0) is 19.3 Å². The number of rotatable bonds is 7. The Balaban J connectivity index is 2.26. The minimum absolute atomic E-state index is 0.205. The first-order chi connectivity index (χ1) is 9.97. The molecule has 1 rings (SSSR count). The third kappa shape index (κ3) is 5.17. The fourth-order valence-electron chi connectivity index (χ4n) is 2.12. The van der Waals surface area contributed by atoms with Crippen LogP contribution in [0.2, 0.25) is 0 Å². The zero-order chi connectivity index (χ0) is 15.8. The van der Waals surface area contributed by atoms with Gasteiger partial charge in [0.1, 0.15) is 6.61 Å². The maximum atomic E-state index is 11.9. The lowest BCUT2D eigenvalue weighted by molar-refractivity contribution is -0.143. The normalized spacial score (nSPS) is 14.0. The molecule has 0 aromatic heterocycles. The second-order valence-electron chi connectivity index (χ2n) is 4.93. The van der Waals surface area contributed by atoms with Crippen LogP contribution < -0.4 is 0 Å². The molecule has 0 unspecified atom stereocenters. The number of carbonyl (C=O) groups is 4. The zero-order valence-corrected chi connectivity index (χ0v) is 12.6. The smallest absolute Gasteiger partial charge is 0.416 e. The number of hydrogen-bond donors (Lipinski definition) is 0. The Hall–Kier alpha value is -1.92. The highest BCUT2D eigenvalue weighted by molar-refractivity contribution is 5.94. The van der Waals surface area contributed by atoms with E-state index in [0.717, 1.165) is 11.3 Å². The second kappa shape index (κ2) is 8.39. The van der Waals surface area contributed by atoms with E-state index in [-0.39, 0.29) is 37.2 Å². The van der Waals surface area contributed by atoms with Crippen LogP contribution in [0, 0.1) is 0 Å². The molecular formula is C14H22N2O5. The molecule has 0 N–H and O–H groups in total. The molecule has 7 heteroatoms. The minimum atomic E-state index is -0.596. The van der Waals surface area contributed by atoms with Crippen molar-refractivity contribution in [3.8, 4) is 0 Å². The molecule has 0 aliphatic carbocycles. The van der Waals surface area contributed by atoms with Crippen molar-refractivity contribution in [3.05, 3.63) is 0 Å². The number of unbranched alkanes of at least 4 members (excludes halogenated alkanes) is 1. The van der Waals surface area contributed by atoms with E-state index in [0.29, 0.717) is 25.9 Å². The predicted molar refractivity (Wildman–Crippen MR) is 74.2 cm³/mol. The Bertz CT molecular complexity index is 422. The second-order valence-corrected chi connectivity index (χ2v) is 4.93. The quantitative estimate of drug-likeness (QED) is 0.662. The Morgan fingerprint density at radius 1 is 1.24 bits per heavy atom. The monoisotopic (exact) mass is 298 g/mol. The first-order valence-corrected chi connectivity index (χ1v) is 7.25. The van der Waals surface area contributed by atoms with Gasteiger partial charge >= 0.3 is 6.09 Å². The highest BCUT2D eigenvalue weighted by Crippen LogP contribution is 2.10. The summed E-state index contributed by atoms with van der Waals surface area (Å²) in [5.41, 5.74) is 0. The van der Waals surface area contributed by atoms with Gasteiger partial charge in [0.15, 0.2) is 0 Å². The van der Waals surface area contributed by atoms with E-state index in [1.807, 2.05) is 6.92 Å². The van der Waals surface area contributed by atoms with E-state index >= 15 is 0 Å². The number of ether oxygens (including phenoxy) is 1. The number of cyclic esters (lactones) is 1. The summed E-state index contributed by atoms with van der Waals surface area (Å²) in [5, 5.41) is 0. The van der Waals surface area contributed by atoms with E-state index in [1.54, 1.807) is 0 Å². The molecule has 0 bridgehead atoms. The number of carbonyl (C=O) groups excluding carboxylic acids is 4. The molecule has 1 saturated heterocycles. The maximum Gasteiger partial charge on any atom is 0.416 e. The first-order valence-electron chi connectivity index (χ1n) is 7.25. The van der Waals surface area contributed by atoms with Crippen molar-refractivity contribution >= 4 is 23.8 Å². The number of hydrogen-bond acceptors (Lipinski definition) is 5. The molecule has 0 spiro atoms. The highest BCUT2D eigenvalue weighted by Gasteiger charge is 2.27.